The zero-order valence-corrected chi connectivity index (χ0v) is 14.5. The molecule has 0 radical (unpaired) electrons. The number of para-hydroxylation sites is 1. The third-order valence-corrected chi connectivity index (χ3v) is 4.83. The molecule has 7 nitrogen and oxygen atoms in total. The summed E-state index contributed by atoms with van der Waals surface area (Å²) in [4.78, 5) is 16.5. The highest BCUT2D eigenvalue weighted by molar-refractivity contribution is 7.18. The first-order valence-corrected chi connectivity index (χ1v) is 8.51. The quantitative estimate of drug-likeness (QED) is 0.563. The molecule has 0 saturated heterocycles. The minimum absolute atomic E-state index is 0.286. The van der Waals surface area contributed by atoms with Crippen LogP contribution in [0.1, 0.15) is 10.6 Å². The largest absolute Gasteiger partial charge is 0.486 e. The van der Waals surface area contributed by atoms with Gasteiger partial charge in [0.15, 0.2) is 0 Å². The van der Waals surface area contributed by atoms with E-state index in [4.69, 9.17) is 4.74 Å². The Morgan fingerprint density at radius 3 is 2.72 bits per heavy atom. The fourth-order valence-electron chi connectivity index (χ4n) is 2.55. The molecular weight excluding hydrogens is 338 g/mol. The molecule has 0 unspecified atom stereocenters. The van der Waals surface area contributed by atoms with Crippen molar-refractivity contribution in [2.75, 3.05) is 0 Å². The van der Waals surface area contributed by atoms with E-state index in [9.17, 15) is 4.79 Å². The summed E-state index contributed by atoms with van der Waals surface area (Å²) in [7, 11) is 1.57. The summed E-state index contributed by atoms with van der Waals surface area (Å²) >= 11 is 1.62. The Labute approximate surface area is 147 Å². The second-order valence-electron chi connectivity index (χ2n) is 5.61. The molecule has 0 spiro atoms. The minimum atomic E-state index is -0.286. The second kappa shape index (κ2) is 6.14. The van der Waals surface area contributed by atoms with Crippen molar-refractivity contribution in [3.05, 3.63) is 63.5 Å². The van der Waals surface area contributed by atoms with Crippen LogP contribution in [0.25, 0.3) is 15.9 Å². The number of fused-ring (bicyclic) bond motifs is 1. The number of benzene rings is 2. The van der Waals surface area contributed by atoms with E-state index in [1.54, 1.807) is 24.5 Å². The van der Waals surface area contributed by atoms with Gasteiger partial charge in [0.1, 0.15) is 17.4 Å². The number of thiazole rings is 1. The van der Waals surface area contributed by atoms with Gasteiger partial charge in [-0.25, -0.2) is 9.78 Å². The van der Waals surface area contributed by atoms with Gasteiger partial charge in [-0.05, 0) is 53.2 Å². The summed E-state index contributed by atoms with van der Waals surface area (Å²) < 4.78 is 9.46. The first-order chi connectivity index (χ1) is 12.1. The Bertz CT molecular complexity index is 1080. The van der Waals surface area contributed by atoms with E-state index in [0.717, 1.165) is 26.5 Å². The molecule has 0 atom stereocenters. The molecule has 25 heavy (non-hydrogen) atoms. The van der Waals surface area contributed by atoms with Crippen LogP contribution in [0, 0.1) is 6.92 Å². The topological polar surface area (TPSA) is 74.8 Å². The smallest absolute Gasteiger partial charge is 0.368 e. The second-order valence-corrected chi connectivity index (χ2v) is 6.72. The number of aryl methyl sites for hydroxylation is 2. The number of rotatable bonds is 4. The van der Waals surface area contributed by atoms with Crippen molar-refractivity contribution in [1.82, 2.24) is 24.8 Å². The van der Waals surface area contributed by atoms with Gasteiger partial charge in [-0.1, -0.05) is 12.1 Å². The van der Waals surface area contributed by atoms with E-state index in [1.165, 1.54) is 9.36 Å². The van der Waals surface area contributed by atoms with Crippen LogP contribution in [0.5, 0.6) is 5.75 Å². The third-order valence-electron chi connectivity index (χ3n) is 3.82. The minimum Gasteiger partial charge on any atom is -0.486 e. The molecule has 2 aromatic carbocycles. The molecule has 0 aliphatic rings. The number of ether oxygens (including phenoxy) is 1. The summed E-state index contributed by atoms with van der Waals surface area (Å²) in [6.45, 7) is 2.31. The number of hydrogen-bond acceptors (Lipinski definition) is 6. The third kappa shape index (κ3) is 2.91. The molecule has 126 valence electrons. The van der Waals surface area contributed by atoms with Gasteiger partial charge in [0.05, 0.1) is 15.9 Å². The first kappa shape index (κ1) is 15.5. The molecule has 0 aliphatic carbocycles. The SMILES string of the molecule is Cc1cc(OCc2nc3ccccc3s2)ccc1-n1nnn(C)c1=O. The van der Waals surface area contributed by atoms with E-state index < -0.39 is 0 Å². The predicted molar refractivity (Wildman–Crippen MR) is 95.3 cm³/mol. The molecule has 0 N–H and O–H groups in total. The molecule has 8 heteroatoms. The predicted octanol–water partition coefficient (Wildman–Crippen LogP) is 2.46. The lowest BCUT2D eigenvalue weighted by Gasteiger charge is -2.08. The molecule has 0 saturated carbocycles. The van der Waals surface area contributed by atoms with Crippen molar-refractivity contribution < 1.29 is 4.74 Å². The van der Waals surface area contributed by atoms with Crippen LogP contribution >= 0.6 is 11.3 Å². The fraction of sp³-hybridized carbons (Fsp3) is 0.176. The van der Waals surface area contributed by atoms with Crippen LogP contribution < -0.4 is 10.4 Å². The Kier molecular flexibility index (Phi) is 3.81. The van der Waals surface area contributed by atoms with E-state index in [2.05, 4.69) is 15.4 Å². The number of tetrazole rings is 1. The summed E-state index contributed by atoms with van der Waals surface area (Å²) in [5, 5.41) is 8.52. The summed E-state index contributed by atoms with van der Waals surface area (Å²) in [6.07, 6.45) is 0. The molecule has 0 amide bonds. The van der Waals surface area contributed by atoms with Crippen LogP contribution in [-0.2, 0) is 13.7 Å². The maximum absolute atomic E-state index is 12.0. The van der Waals surface area contributed by atoms with Gasteiger partial charge in [0.25, 0.3) is 0 Å². The van der Waals surface area contributed by atoms with Gasteiger partial charge in [0, 0.05) is 7.05 Å². The standard InChI is InChI=1S/C17H15N5O2S/c1-11-9-12(7-8-14(11)22-17(23)21(2)19-20-22)24-10-16-18-13-5-3-4-6-15(13)25-16/h3-9H,10H2,1-2H3. The van der Waals surface area contributed by atoms with Crippen LogP contribution in [0.2, 0.25) is 0 Å². The Morgan fingerprint density at radius 2 is 2.00 bits per heavy atom. The van der Waals surface area contributed by atoms with Crippen molar-refractivity contribution in [1.29, 1.82) is 0 Å². The molecular formula is C17H15N5O2S. The van der Waals surface area contributed by atoms with Crippen LogP contribution in [0.15, 0.2) is 47.3 Å². The lowest BCUT2D eigenvalue weighted by atomic mass is 10.2. The Hall–Kier alpha value is -3.00. The maximum atomic E-state index is 12.0. The van der Waals surface area contributed by atoms with E-state index in [1.807, 2.05) is 43.3 Å². The average molecular weight is 353 g/mol. The van der Waals surface area contributed by atoms with E-state index in [0.29, 0.717) is 12.3 Å². The van der Waals surface area contributed by atoms with Crippen LogP contribution in [-0.4, -0.2) is 24.8 Å². The van der Waals surface area contributed by atoms with E-state index >= 15 is 0 Å². The van der Waals surface area contributed by atoms with Gasteiger partial charge in [0.2, 0.25) is 0 Å². The number of aromatic nitrogens is 5. The fourth-order valence-corrected chi connectivity index (χ4v) is 3.43. The molecule has 4 aromatic rings. The van der Waals surface area contributed by atoms with Crippen molar-refractivity contribution in [3.63, 3.8) is 0 Å². The Morgan fingerprint density at radius 1 is 1.16 bits per heavy atom. The van der Waals surface area contributed by atoms with Crippen molar-refractivity contribution in [2.45, 2.75) is 13.5 Å². The molecule has 0 bridgehead atoms. The van der Waals surface area contributed by atoms with Gasteiger partial charge in [-0.2, -0.15) is 9.36 Å². The van der Waals surface area contributed by atoms with Gasteiger partial charge in [-0.15, -0.1) is 11.3 Å². The Balaban J connectivity index is 1.54. The molecule has 2 heterocycles. The van der Waals surface area contributed by atoms with Gasteiger partial charge in [-0.3, -0.25) is 0 Å². The molecule has 4 rings (SSSR count). The zero-order valence-electron chi connectivity index (χ0n) is 13.7. The monoisotopic (exact) mass is 353 g/mol. The summed E-state index contributed by atoms with van der Waals surface area (Å²) in [5.41, 5.74) is 2.26. The lowest BCUT2D eigenvalue weighted by molar-refractivity contribution is 0.305. The molecule has 0 aliphatic heterocycles. The van der Waals surface area contributed by atoms with Crippen LogP contribution in [0.4, 0.5) is 0 Å². The zero-order chi connectivity index (χ0) is 17.4. The summed E-state index contributed by atoms with van der Waals surface area (Å²) in [5.74, 6) is 0.720. The normalized spacial score (nSPS) is 11.1. The highest BCUT2D eigenvalue weighted by Crippen LogP contribution is 2.24. The van der Waals surface area contributed by atoms with E-state index in [-0.39, 0.29) is 5.69 Å². The molecule has 0 fully saturated rings. The number of nitrogens with zero attached hydrogens (tertiary/aromatic N) is 5. The summed E-state index contributed by atoms with van der Waals surface area (Å²) in [6, 6.07) is 13.5. The number of hydrogen-bond donors (Lipinski definition) is 0. The highest BCUT2D eigenvalue weighted by Gasteiger charge is 2.10. The van der Waals surface area contributed by atoms with Crippen LogP contribution in [0.3, 0.4) is 0 Å². The van der Waals surface area contributed by atoms with Crippen molar-refractivity contribution in [2.24, 2.45) is 7.05 Å². The van der Waals surface area contributed by atoms with Gasteiger partial charge < -0.3 is 4.74 Å². The molecule has 2 aromatic heterocycles. The highest BCUT2D eigenvalue weighted by atomic mass is 32.1. The van der Waals surface area contributed by atoms with Crippen molar-refractivity contribution in [3.8, 4) is 11.4 Å². The van der Waals surface area contributed by atoms with Gasteiger partial charge >= 0.3 is 5.69 Å². The van der Waals surface area contributed by atoms with Crippen molar-refractivity contribution >= 4 is 21.6 Å². The first-order valence-electron chi connectivity index (χ1n) is 7.69. The maximum Gasteiger partial charge on any atom is 0.368 e. The lowest BCUT2D eigenvalue weighted by Crippen LogP contribution is -2.22. The average Bonchev–Trinajstić information content (AvgIpc) is 3.17.